The number of aromatic nitrogens is 1. The zero-order valence-corrected chi connectivity index (χ0v) is 20.6. The summed E-state index contributed by atoms with van der Waals surface area (Å²) in [6, 6.07) is 13.9. The molecule has 8 nitrogen and oxygen atoms in total. The standard InChI is InChI=1S/C27H31N3O5/c1-18-12-20(13-19(2)25(18)35-27(3,4)26(31)32)15-30(16-23-28-10-11-33-23)17-24-29-14-22(34-24)21-8-6-5-7-9-21/h5-9,12-14H,10-11,15-17H2,1-4H3,(H,31,32). The highest BCUT2D eigenvalue weighted by atomic mass is 16.5. The minimum absolute atomic E-state index is 0.484. The summed E-state index contributed by atoms with van der Waals surface area (Å²) in [5.74, 6) is 1.63. The Morgan fingerprint density at radius 1 is 1.11 bits per heavy atom. The third kappa shape index (κ3) is 6.08. The molecule has 0 radical (unpaired) electrons. The highest BCUT2D eigenvalue weighted by Gasteiger charge is 2.30. The Morgan fingerprint density at radius 3 is 2.46 bits per heavy atom. The molecule has 1 N–H and O–H groups in total. The summed E-state index contributed by atoms with van der Waals surface area (Å²) in [4.78, 5) is 22.6. The lowest BCUT2D eigenvalue weighted by Gasteiger charge is -2.25. The Bertz CT molecular complexity index is 1190. The van der Waals surface area contributed by atoms with E-state index in [1.807, 2.05) is 56.3 Å². The van der Waals surface area contributed by atoms with Gasteiger partial charge in [-0.25, -0.2) is 9.78 Å². The smallest absolute Gasteiger partial charge is 0.347 e. The number of benzene rings is 2. The van der Waals surface area contributed by atoms with Gasteiger partial charge < -0.3 is 19.0 Å². The molecule has 184 valence electrons. The summed E-state index contributed by atoms with van der Waals surface area (Å²) in [7, 11) is 0. The van der Waals surface area contributed by atoms with Crippen molar-refractivity contribution in [3.05, 3.63) is 71.2 Å². The molecule has 8 heteroatoms. The highest BCUT2D eigenvalue weighted by Crippen LogP contribution is 2.29. The minimum atomic E-state index is -1.32. The maximum Gasteiger partial charge on any atom is 0.347 e. The number of carboxylic acid groups (broad SMARTS) is 1. The van der Waals surface area contributed by atoms with E-state index in [9.17, 15) is 9.90 Å². The predicted octanol–water partition coefficient (Wildman–Crippen LogP) is 4.63. The first-order valence-electron chi connectivity index (χ1n) is 11.6. The average molecular weight is 478 g/mol. The second-order valence-electron chi connectivity index (χ2n) is 9.23. The molecule has 0 saturated carbocycles. The normalized spacial score (nSPS) is 13.6. The average Bonchev–Trinajstić information content (AvgIpc) is 3.49. The van der Waals surface area contributed by atoms with Crippen molar-refractivity contribution < 1.29 is 23.8 Å². The molecule has 0 spiro atoms. The Hall–Kier alpha value is -3.65. The van der Waals surface area contributed by atoms with Crippen LogP contribution in [0.15, 0.2) is 58.1 Å². The number of carbonyl (C=O) groups is 1. The van der Waals surface area contributed by atoms with Crippen molar-refractivity contribution in [3.8, 4) is 17.1 Å². The molecule has 0 saturated heterocycles. The summed E-state index contributed by atoms with van der Waals surface area (Å²) in [6.45, 7) is 9.85. The highest BCUT2D eigenvalue weighted by molar-refractivity contribution is 5.79. The lowest BCUT2D eigenvalue weighted by Crippen LogP contribution is -2.38. The number of hydrogen-bond donors (Lipinski definition) is 1. The molecule has 4 rings (SSSR count). The molecule has 1 aromatic heterocycles. The second-order valence-corrected chi connectivity index (χ2v) is 9.23. The summed E-state index contributed by atoms with van der Waals surface area (Å²) in [5, 5.41) is 9.44. The fourth-order valence-electron chi connectivity index (χ4n) is 3.99. The van der Waals surface area contributed by atoms with Gasteiger partial charge in [-0.2, -0.15) is 0 Å². The van der Waals surface area contributed by atoms with Crippen molar-refractivity contribution in [2.45, 2.75) is 46.4 Å². The van der Waals surface area contributed by atoms with Gasteiger partial charge in [-0.1, -0.05) is 42.5 Å². The number of ether oxygens (including phenoxy) is 2. The van der Waals surface area contributed by atoms with Crippen LogP contribution in [0, 0.1) is 13.8 Å². The van der Waals surface area contributed by atoms with Crippen molar-refractivity contribution in [3.63, 3.8) is 0 Å². The van der Waals surface area contributed by atoms with Crippen LogP contribution in [0.1, 0.15) is 36.4 Å². The van der Waals surface area contributed by atoms with Crippen LogP contribution in [0.5, 0.6) is 5.75 Å². The number of rotatable bonds is 10. The van der Waals surface area contributed by atoms with Crippen LogP contribution in [-0.4, -0.2) is 52.2 Å². The molecule has 3 aromatic rings. The summed E-state index contributed by atoms with van der Waals surface area (Å²) >= 11 is 0. The fraction of sp³-hybridized carbons (Fsp3) is 0.370. The van der Waals surface area contributed by atoms with Gasteiger partial charge in [0.1, 0.15) is 12.4 Å². The van der Waals surface area contributed by atoms with Gasteiger partial charge in [-0.3, -0.25) is 9.89 Å². The van der Waals surface area contributed by atoms with E-state index in [0.29, 0.717) is 50.3 Å². The van der Waals surface area contributed by atoms with E-state index in [2.05, 4.69) is 14.9 Å². The Balaban J connectivity index is 1.54. The van der Waals surface area contributed by atoms with Crippen LogP contribution in [0.3, 0.4) is 0 Å². The third-order valence-corrected chi connectivity index (χ3v) is 5.78. The summed E-state index contributed by atoms with van der Waals surface area (Å²) < 4.78 is 17.6. The maximum absolute atomic E-state index is 11.5. The third-order valence-electron chi connectivity index (χ3n) is 5.78. The molecule has 0 aliphatic carbocycles. The SMILES string of the molecule is Cc1cc(CN(CC2=NCCO2)Cc2ncc(-c3ccccc3)o2)cc(C)c1OC(C)(C)C(=O)O. The molecule has 1 aliphatic rings. The number of hydrogen-bond acceptors (Lipinski definition) is 7. The van der Waals surface area contributed by atoms with E-state index < -0.39 is 11.6 Å². The van der Waals surface area contributed by atoms with Crippen LogP contribution < -0.4 is 4.74 Å². The van der Waals surface area contributed by atoms with E-state index in [1.54, 1.807) is 20.0 Å². The van der Waals surface area contributed by atoms with Crippen LogP contribution in [-0.2, 0) is 22.6 Å². The van der Waals surface area contributed by atoms with Gasteiger partial charge in [0.2, 0.25) is 5.89 Å². The Kier molecular flexibility index (Phi) is 7.21. The van der Waals surface area contributed by atoms with E-state index in [0.717, 1.165) is 28.0 Å². The number of aliphatic imine (C=N–C) groups is 1. The first-order valence-corrected chi connectivity index (χ1v) is 11.6. The summed E-state index contributed by atoms with van der Waals surface area (Å²) in [5.41, 5.74) is 2.49. The molecular formula is C27H31N3O5. The zero-order chi connectivity index (χ0) is 25.0. The first kappa shape index (κ1) is 24.5. The zero-order valence-electron chi connectivity index (χ0n) is 20.6. The molecule has 0 bridgehead atoms. The molecule has 1 aliphatic heterocycles. The topological polar surface area (TPSA) is 97.4 Å². The van der Waals surface area contributed by atoms with Crippen LogP contribution in [0.25, 0.3) is 11.3 Å². The number of nitrogens with zero attached hydrogens (tertiary/aromatic N) is 3. The molecular weight excluding hydrogens is 446 g/mol. The van der Waals surface area contributed by atoms with Crippen LogP contribution in [0.2, 0.25) is 0 Å². The molecule has 0 unspecified atom stereocenters. The van der Waals surface area contributed by atoms with E-state index in [1.165, 1.54) is 0 Å². The molecule has 0 atom stereocenters. The number of oxazole rings is 1. The first-order chi connectivity index (χ1) is 16.7. The molecule has 0 fully saturated rings. The van der Waals surface area contributed by atoms with Gasteiger partial charge in [0.05, 0.1) is 25.8 Å². The Labute approximate surface area is 205 Å². The number of carboxylic acids is 1. The Morgan fingerprint density at radius 2 is 1.83 bits per heavy atom. The van der Waals surface area contributed by atoms with E-state index in [4.69, 9.17) is 13.9 Å². The number of aliphatic carboxylic acids is 1. The van der Waals surface area contributed by atoms with Crippen molar-refractivity contribution in [1.29, 1.82) is 0 Å². The number of aryl methyl sites for hydroxylation is 2. The lowest BCUT2D eigenvalue weighted by atomic mass is 10.0. The quantitative estimate of drug-likeness (QED) is 0.455. The van der Waals surface area contributed by atoms with Crippen LogP contribution in [0.4, 0.5) is 0 Å². The van der Waals surface area contributed by atoms with Crippen molar-refractivity contribution in [2.75, 3.05) is 19.7 Å². The van der Waals surface area contributed by atoms with Gasteiger partial charge in [-0.15, -0.1) is 0 Å². The van der Waals surface area contributed by atoms with Crippen molar-refractivity contribution in [2.24, 2.45) is 4.99 Å². The van der Waals surface area contributed by atoms with Gasteiger partial charge in [-0.05, 0) is 44.4 Å². The molecule has 0 amide bonds. The van der Waals surface area contributed by atoms with Crippen LogP contribution >= 0.6 is 0 Å². The molecule has 35 heavy (non-hydrogen) atoms. The van der Waals surface area contributed by atoms with Gasteiger partial charge in [0.25, 0.3) is 0 Å². The van der Waals surface area contributed by atoms with E-state index in [-0.39, 0.29) is 0 Å². The van der Waals surface area contributed by atoms with Gasteiger partial charge in [0.15, 0.2) is 17.3 Å². The van der Waals surface area contributed by atoms with Gasteiger partial charge in [0, 0.05) is 12.1 Å². The van der Waals surface area contributed by atoms with Crippen molar-refractivity contribution in [1.82, 2.24) is 9.88 Å². The largest absolute Gasteiger partial charge is 0.478 e. The molecule has 2 aromatic carbocycles. The second kappa shape index (κ2) is 10.3. The van der Waals surface area contributed by atoms with Crippen molar-refractivity contribution >= 4 is 11.9 Å². The van der Waals surface area contributed by atoms with E-state index >= 15 is 0 Å². The maximum atomic E-state index is 11.5. The predicted molar refractivity (Wildman–Crippen MR) is 133 cm³/mol. The summed E-state index contributed by atoms with van der Waals surface area (Å²) in [6.07, 6.45) is 1.75. The fourth-order valence-corrected chi connectivity index (χ4v) is 3.99. The minimum Gasteiger partial charge on any atom is -0.478 e. The van der Waals surface area contributed by atoms with Gasteiger partial charge >= 0.3 is 5.97 Å². The molecule has 2 heterocycles. The monoisotopic (exact) mass is 477 g/mol. The lowest BCUT2D eigenvalue weighted by molar-refractivity contribution is -0.152.